The van der Waals surface area contributed by atoms with Crippen molar-refractivity contribution in [3.05, 3.63) is 70.5 Å². The molecule has 0 atom stereocenters. The molecular formula is C16H12BrN3O2. The fourth-order valence-corrected chi connectivity index (χ4v) is 2.43. The molecule has 5 nitrogen and oxygen atoms in total. The normalized spacial score (nSPS) is 10.4. The summed E-state index contributed by atoms with van der Waals surface area (Å²) >= 11 is 3.24. The number of amides is 2. The molecule has 0 unspecified atom stereocenters. The number of hydrazine groups is 1. The molecule has 22 heavy (non-hydrogen) atoms. The van der Waals surface area contributed by atoms with Crippen LogP contribution >= 0.6 is 15.9 Å². The highest BCUT2D eigenvalue weighted by Gasteiger charge is 2.10. The van der Waals surface area contributed by atoms with E-state index >= 15 is 0 Å². The van der Waals surface area contributed by atoms with Gasteiger partial charge in [-0.25, -0.2) is 0 Å². The molecule has 0 aliphatic carbocycles. The van der Waals surface area contributed by atoms with E-state index in [-0.39, 0.29) is 5.91 Å². The molecule has 0 fully saturated rings. The lowest BCUT2D eigenvalue weighted by Crippen LogP contribution is -2.41. The number of aromatic amines is 1. The summed E-state index contributed by atoms with van der Waals surface area (Å²) in [5, 5.41) is 2.02. The monoisotopic (exact) mass is 357 g/mol. The Hall–Kier alpha value is -2.60. The van der Waals surface area contributed by atoms with E-state index in [1.165, 1.54) is 0 Å². The molecule has 0 spiro atoms. The highest BCUT2D eigenvalue weighted by Crippen LogP contribution is 2.15. The molecule has 0 radical (unpaired) electrons. The predicted octanol–water partition coefficient (Wildman–Crippen LogP) is 3.01. The SMILES string of the molecule is O=C(NNC(=O)c1cc(Br)c[nH]1)c1ccc2ccccc2c1. The van der Waals surface area contributed by atoms with Gasteiger partial charge in [0.25, 0.3) is 11.8 Å². The van der Waals surface area contributed by atoms with Crippen LogP contribution in [0.25, 0.3) is 10.8 Å². The Morgan fingerprint density at radius 2 is 1.64 bits per heavy atom. The Morgan fingerprint density at radius 3 is 2.36 bits per heavy atom. The van der Waals surface area contributed by atoms with Gasteiger partial charge >= 0.3 is 0 Å². The van der Waals surface area contributed by atoms with E-state index in [0.29, 0.717) is 11.3 Å². The summed E-state index contributed by atoms with van der Waals surface area (Å²) in [5.74, 6) is -0.787. The molecule has 3 N–H and O–H groups in total. The summed E-state index contributed by atoms with van der Waals surface area (Å²) < 4.78 is 0.763. The van der Waals surface area contributed by atoms with Gasteiger partial charge in [-0.3, -0.25) is 20.4 Å². The highest BCUT2D eigenvalue weighted by molar-refractivity contribution is 9.10. The smallest absolute Gasteiger partial charge is 0.286 e. The minimum absolute atomic E-state index is 0.352. The number of hydrogen-bond acceptors (Lipinski definition) is 2. The van der Waals surface area contributed by atoms with Gasteiger partial charge in [-0.2, -0.15) is 0 Å². The van der Waals surface area contributed by atoms with Gasteiger partial charge in [0.05, 0.1) is 0 Å². The maximum Gasteiger partial charge on any atom is 0.286 e. The third-order valence-corrected chi connectivity index (χ3v) is 3.65. The number of fused-ring (bicyclic) bond motifs is 1. The minimum Gasteiger partial charge on any atom is -0.356 e. The number of carbonyl (C=O) groups is 2. The first-order valence-electron chi connectivity index (χ1n) is 6.57. The second kappa shape index (κ2) is 6.03. The first kappa shape index (κ1) is 14.3. The third kappa shape index (κ3) is 3.01. The largest absolute Gasteiger partial charge is 0.356 e. The van der Waals surface area contributed by atoms with E-state index < -0.39 is 5.91 Å². The maximum absolute atomic E-state index is 12.1. The summed E-state index contributed by atoms with van der Waals surface area (Å²) in [6.45, 7) is 0. The number of aromatic nitrogens is 1. The van der Waals surface area contributed by atoms with E-state index in [4.69, 9.17) is 0 Å². The van der Waals surface area contributed by atoms with Crippen LogP contribution in [0.2, 0.25) is 0 Å². The third-order valence-electron chi connectivity index (χ3n) is 3.19. The Bertz CT molecular complexity index is 857. The zero-order valence-corrected chi connectivity index (χ0v) is 13.0. The molecule has 0 aliphatic rings. The summed E-state index contributed by atoms with van der Waals surface area (Å²) in [4.78, 5) is 26.7. The van der Waals surface area contributed by atoms with Crippen LogP contribution in [0.3, 0.4) is 0 Å². The average Bonchev–Trinajstić information content (AvgIpc) is 2.98. The molecular weight excluding hydrogens is 346 g/mol. The number of benzene rings is 2. The fraction of sp³-hybridized carbons (Fsp3) is 0. The van der Waals surface area contributed by atoms with Gasteiger partial charge in [-0.15, -0.1) is 0 Å². The van der Waals surface area contributed by atoms with Crippen molar-refractivity contribution < 1.29 is 9.59 Å². The van der Waals surface area contributed by atoms with Gasteiger partial charge in [0, 0.05) is 16.2 Å². The van der Waals surface area contributed by atoms with Crippen LogP contribution in [0.5, 0.6) is 0 Å². The molecule has 3 aromatic rings. The second-order valence-electron chi connectivity index (χ2n) is 4.70. The molecule has 1 heterocycles. The van der Waals surface area contributed by atoms with Crippen molar-refractivity contribution in [1.29, 1.82) is 0 Å². The summed E-state index contributed by atoms with van der Waals surface area (Å²) in [7, 11) is 0. The maximum atomic E-state index is 12.1. The van der Waals surface area contributed by atoms with E-state index in [0.717, 1.165) is 15.2 Å². The van der Waals surface area contributed by atoms with Crippen LogP contribution in [0.15, 0.2) is 59.2 Å². The lowest BCUT2D eigenvalue weighted by Gasteiger charge is -2.07. The van der Waals surface area contributed by atoms with E-state index in [1.54, 1.807) is 24.4 Å². The molecule has 0 aliphatic heterocycles. The standard InChI is InChI=1S/C16H12BrN3O2/c17-13-8-14(18-9-13)16(22)20-19-15(21)12-6-5-10-3-1-2-4-11(10)7-12/h1-9,18H,(H,19,21)(H,20,22). The van der Waals surface area contributed by atoms with E-state index in [2.05, 4.69) is 31.8 Å². The van der Waals surface area contributed by atoms with Crippen molar-refractivity contribution in [1.82, 2.24) is 15.8 Å². The zero-order valence-electron chi connectivity index (χ0n) is 11.4. The van der Waals surface area contributed by atoms with Crippen molar-refractivity contribution in [3.63, 3.8) is 0 Å². The van der Waals surface area contributed by atoms with Crippen LogP contribution in [0.4, 0.5) is 0 Å². The Kier molecular flexibility index (Phi) is 3.93. The van der Waals surface area contributed by atoms with Crippen molar-refractivity contribution in [2.24, 2.45) is 0 Å². The number of halogens is 1. The summed E-state index contributed by atoms with van der Waals surface area (Å²) in [6, 6.07) is 14.7. The second-order valence-corrected chi connectivity index (χ2v) is 5.62. The molecule has 3 rings (SSSR count). The minimum atomic E-state index is -0.417. The first-order chi connectivity index (χ1) is 10.6. The number of carbonyl (C=O) groups excluding carboxylic acids is 2. The lowest BCUT2D eigenvalue weighted by atomic mass is 10.1. The van der Waals surface area contributed by atoms with Crippen LogP contribution < -0.4 is 10.9 Å². The summed E-state index contributed by atoms with van der Waals surface area (Å²) in [5.41, 5.74) is 5.60. The van der Waals surface area contributed by atoms with Crippen molar-refractivity contribution in [2.45, 2.75) is 0 Å². The number of rotatable bonds is 2. The quantitative estimate of drug-likeness (QED) is 0.616. The van der Waals surface area contributed by atoms with Crippen LogP contribution in [-0.4, -0.2) is 16.8 Å². The van der Waals surface area contributed by atoms with Gasteiger partial charge in [0.2, 0.25) is 0 Å². The molecule has 6 heteroatoms. The van der Waals surface area contributed by atoms with Crippen LogP contribution in [0.1, 0.15) is 20.8 Å². The Labute approximate surface area is 134 Å². The van der Waals surface area contributed by atoms with Gasteiger partial charge in [0.15, 0.2) is 0 Å². The summed E-state index contributed by atoms with van der Waals surface area (Å²) in [6.07, 6.45) is 1.64. The topological polar surface area (TPSA) is 74.0 Å². The average molecular weight is 358 g/mol. The molecule has 2 aromatic carbocycles. The van der Waals surface area contributed by atoms with Crippen molar-refractivity contribution in [3.8, 4) is 0 Å². The molecule has 110 valence electrons. The van der Waals surface area contributed by atoms with Crippen molar-refractivity contribution >= 4 is 38.5 Å². The number of nitrogens with one attached hydrogen (secondary N) is 3. The Morgan fingerprint density at radius 1 is 0.909 bits per heavy atom. The molecule has 2 amide bonds. The molecule has 1 aromatic heterocycles. The number of hydrogen-bond donors (Lipinski definition) is 3. The van der Waals surface area contributed by atoms with Gasteiger partial charge in [-0.1, -0.05) is 30.3 Å². The first-order valence-corrected chi connectivity index (χ1v) is 7.36. The van der Waals surface area contributed by atoms with Gasteiger partial charge < -0.3 is 4.98 Å². The fourth-order valence-electron chi connectivity index (χ4n) is 2.08. The molecule has 0 saturated heterocycles. The van der Waals surface area contributed by atoms with Gasteiger partial charge in [0.1, 0.15) is 5.69 Å². The van der Waals surface area contributed by atoms with E-state index in [9.17, 15) is 9.59 Å². The van der Waals surface area contributed by atoms with Crippen LogP contribution in [0, 0.1) is 0 Å². The molecule has 0 saturated carbocycles. The van der Waals surface area contributed by atoms with Crippen molar-refractivity contribution in [2.75, 3.05) is 0 Å². The highest BCUT2D eigenvalue weighted by atomic mass is 79.9. The number of H-pyrrole nitrogens is 1. The lowest BCUT2D eigenvalue weighted by molar-refractivity contribution is 0.0844. The predicted molar refractivity (Wildman–Crippen MR) is 87.4 cm³/mol. The van der Waals surface area contributed by atoms with Gasteiger partial charge in [-0.05, 0) is 44.9 Å². The Balaban J connectivity index is 1.69. The van der Waals surface area contributed by atoms with E-state index in [1.807, 2.05) is 30.3 Å². The van der Waals surface area contributed by atoms with Crippen LogP contribution in [-0.2, 0) is 0 Å². The molecule has 0 bridgehead atoms. The zero-order chi connectivity index (χ0) is 15.5.